The van der Waals surface area contributed by atoms with Crippen LogP contribution in [0.1, 0.15) is 17.3 Å². The molecular weight excluding hydrogens is 233 g/mol. The van der Waals surface area contributed by atoms with Gasteiger partial charge in [-0.15, -0.1) is 0 Å². The van der Waals surface area contributed by atoms with Gasteiger partial charge in [-0.3, -0.25) is 4.79 Å². The Morgan fingerprint density at radius 2 is 2.25 bits per heavy atom. The molecular formula is C11H13ClFNO2. The van der Waals surface area contributed by atoms with Crippen LogP contribution < -0.4 is 0 Å². The molecule has 0 saturated carbocycles. The summed E-state index contributed by atoms with van der Waals surface area (Å²) < 4.78 is 13.3. The van der Waals surface area contributed by atoms with Crippen molar-refractivity contribution in [3.05, 3.63) is 34.6 Å². The molecule has 5 heteroatoms. The van der Waals surface area contributed by atoms with Crippen LogP contribution in [-0.4, -0.2) is 35.6 Å². The highest BCUT2D eigenvalue weighted by Gasteiger charge is 2.17. The molecule has 1 N–H and O–H groups in total. The Morgan fingerprint density at radius 3 is 2.81 bits per heavy atom. The van der Waals surface area contributed by atoms with Crippen LogP contribution in [0.5, 0.6) is 0 Å². The van der Waals surface area contributed by atoms with Crippen molar-refractivity contribution in [3.63, 3.8) is 0 Å². The van der Waals surface area contributed by atoms with Crippen molar-refractivity contribution in [1.82, 2.24) is 4.90 Å². The number of amides is 1. The molecule has 0 radical (unpaired) electrons. The van der Waals surface area contributed by atoms with Gasteiger partial charge in [-0.25, -0.2) is 4.39 Å². The molecule has 1 unspecified atom stereocenters. The first-order valence-electron chi connectivity index (χ1n) is 4.80. The van der Waals surface area contributed by atoms with E-state index < -0.39 is 17.8 Å². The zero-order chi connectivity index (χ0) is 12.3. The second-order valence-corrected chi connectivity index (χ2v) is 4.10. The van der Waals surface area contributed by atoms with E-state index in [-0.39, 0.29) is 12.1 Å². The summed E-state index contributed by atoms with van der Waals surface area (Å²) in [6.07, 6.45) is -0.656. The Kier molecular flexibility index (Phi) is 4.26. The molecule has 0 bridgehead atoms. The fourth-order valence-electron chi connectivity index (χ4n) is 1.35. The second-order valence-electron chi connectivity index (χ2n) is 3.66. The smallest absolute Gasteiger partial charge is 0.256 e. The zero-order valence-electron chi connectivity index (χ0n) is 9.08. The first-order valence-corrected chi connectivity index (χ1v) is 5.18. The molecule has 88 valence electrons. The van der Waals surface area contributed by atoms with Crippen LogP contribution in [0.4, 0.5) is 4.39 Å². The summed E-state index contributed by atoms with van der Waals surface area (Å²) >= 11 is 5.68. The van der Waals surface area contributed by atoms with E-state index >= 15 is 0 Å². The Hall–Kier alpha value is -1.13. The lowest BCUT2D eigenvalue weighted by atomic mass is 10.2. The zero-order valence-corrected chi connectivity index (χ0v) is 9.83. The van der Waals surface area contributed by atoms with Crippen molar-refractivity contribution in [1.29, 1.82) is 0 Å². The Morgan fingerprint density at radius 1 is 1.62 bits per heavy atom. The van der Waals surface area contributed by atoms with E-state index in [0.29, 0.717) is 5.02 Å². The summed E-state index contributed by atoms with van der Waals surface area (Å²) in [4.78, 5) is 13.0. The van der Waals surface area contributed by atoms with Gasteiger partial charge in [0.05, 0.1) is 11.7 Å². The van der Waals surface area contributed by atoms with Crippen LogP contribution >= 0.6 is 11.6 Å². The molecule has 0 aliphatic rings. The van der Waals surface area contributed by atoms with E-state index in [4.69, 9.17) is 16.7 Å². The second kappa shape index (κ2) is 5.27. The van der Waals surface area contributed by atoms with Gasteiger partial charge in [0.15, 0.2) is 0 Å². The van der Waals surface area contributed by atoms with E-state index in [1.165, 1.54) is 24.1 Å². The van der Waals surface area contributed by atoms with Gasteiger partial charge in [-0.05, 0) is 25.1 Å². The maximum absolute atomic E-state index is 13.3. The summed E-state index contributed by atoms with van der Waals surface area (Å²) in [5, 5.41) is 9.43. The van der Waals surface area contributed by atoms with E-state index in [1.807, 2.05) is 0 Å². The van der Waals surface area contributed by atoms with Gasteiger partial charge in [-0.2, -0.15) is 0 Å². The standard InChI is InChI=1S/C11H13ClFNO2/c1-7(15)6-14(2)11(16)9-5-8(12)3-4-10(9)13/h3-5,7,15H,6H2,1-2H3. The quantitative estimate of drug-likeness (QED) is 0.884. The van der Waals surface area contributed by atoms with Gasteiger partial charge in [0.1, 0.15) is 5.82 Å². The number of hydrogen-bond donors (Lipinski definition) is 1. The lowest BCUT2D eigenvalue weighted by Gasteiger charge is -2.19. The van der Waals surface area contributed by atoms with Crippen molar-refractivity contribution < 1.29 is 14.3 Å². The molecule has 3 nitrogen and oxygen atoms in total. The van der Waals surface area contributed by atoms with Gasteiger partial charge in [0, 0.05) is 18.6 Å². The van der Waals surface area contributed by atoms with Crippen LogP contribution in [0.3, 0.4) is 0 Å². The molecule has 16 heavy (non-hydrogen) atoms. The summed E-state index contributed by atoms with van der Waals surface area (Å²) in [6.45, 7) is 1.70. The van der Waals surface area contributed by atoms with Gasteiger partial charge < -0.3 is 10.0 Å². The van der Waals surface area contributed by atoms with Gasteiger partial charge in [-0.1, -0.05) is 11.6 Å². The number of halogens is 2. The normalized spacial score (nSPS) is 12.3. The number of likely N-dealkylation sites (N-methyl/N-ethyl adjacent to an activating group) is 1. The molecule has 1 aromatic carbocycles. The van der Waals surface area contributed by atoms with Crippen LogP contribution in [0.25, 0.3) is 0 Å². The molecule has 1 rings (SSSR count). The number of benzene rings is 1. The summed E-state index contributed by atoms with van der Waals surface area (Å²) in [5.41, 5.74) is -0.0874. The van der Waals surface area contributed by atoms with Crippen LogP contribution in [0.15, 0.2) is 18.2 Å². The number of aliphatic hydroxyl groups is 1. The Balaban J connectivity index is 2.91. The monoisotopic (exact) mass is 245 g/mol. The lowest BCUT2D eigenvalue weighted by molar-refractivity contribution is 0.0699. The van der Waals surface area contributed by atoms with E-state index in [2.05, 4.69) is 0 Å². The molecule has 0 aliphatic heterocycles. The molecule has 0 aromatic heterocycles. The maximum Gasteiger partial charge on any atom is 0.256 e. The third-order valence-corrected chi connectivity index (χ3v) is 2.28. The fourth-order valence-corrected chi connectivity index (χ4v) is 1.52. The number of carbonyl (C=O) groups is 1. The van der Waals surface area contributed by atoms with Crippen molar-refractivity contribution in [2.45, 2.75) is 13.0 Å². The molecule has 1 amide bonds. The number of hydrogen-bond acceptors (Lipinski definition) is 2. The first-order chi connectivity index (χ1) is 7.41. The predicted octanol–water partition coefficient (Wildman–Crippen LogP) is 1.93. The van der Waals surface area contributed by atoms with Crippen molar-refractivity contribution >= 4 is 17.5 Å². The first kappa shape index (κ1) is 12.9. The third-order valence-electron chi connectivity index (χ3n) is 2.04. The van der Waals surface area contributed by atoms with Crippen molar-refractivity contribution in [2.24, 2.45) is 0 Å². The molecule has 0 aliphatic carbocycles. The number of aliphatic hydroxyl groups excluding tert-OH is 1. The van der Waals surface area contributed by atoms with Crippen LogP contribution in [0, 0.1) is 5.82 Å². The largest absolute Gasteiger partial charge is 0.392 e. The number of carbonyl (C=O) groups excluding carboxylic acids is 1. The van der Waals surface area contributed by atoms with Crippen molar-refractivity contribution in [2.75, 3.05) is 13.6 Å². The molecule has 1 atom stereocenters. The molecule has 0 fully saturated rings. The summed E-state index contributed by atoms with van der Waals surface area (Å²) in [5.74, 6) is -1.12. The predicted molar refractivity (Wildman–Crippen MR) is 60.1 cm³/mol. The van der Waals surface area contributed by atoms with E-state index in [0.717, 1.165) is 6.07 Å². The molecule has 1 aromatic rings. The maximum atomic E-state index is 13.3. The van der Waals surface area contributed by atoms with E-state index in [9.17, 15) is 9.18 Å². The van der Waals surface area contributed by atoms with Gasteiger partial charge in [0.2, 0.25) is 0 Å². The fraction of sp³-hybridized carbons (Fsp3) is 0.364. The Bertz CT molecular complexity index is 396. The van der Waals surface area contributed by atoms with E-state index in [1.54, 1.807) is 6.92 Å². The highest BCUT2D eigenvalue weighted by molar-refractivity contribution is 6.30. The molecule has 0 heterocycles. The highest BCUT2D eigenvalue weighted by Crippen LogP contribution is 2.16. The SMILES string of the molecule is CC(O)CN(C)C(=O)c1cc(Cl)ccc1F. The molecule has 0 saturated heterocycles. The average Bonchev–Trinajstić information content (AvgIpc) is 2.19. The number of rotatable bonds is 3. The summed E-state index contributed by atoms with van der Waals surface area (Å²) in [7, 11) is 1.50. The minimum absolute atomic E-state index is 0.0874. The highest BCUT2D eigenvalue weighted by atomic mass is 35.5. The van der Waals surface area contributed by atoms with Crippen molar-refractivity contribution in [3.8, 4) is 0 Å². The molecule has 0 spiro atoms. The van der Waals surface area contributed by atoms with Crippen LogP contribution in [0.2, 0.25) is 5.02 Å². The minimum atomic E-state index is -0.656. The van der Waals surface area contributed by atoms with Crippen LogP contribution in [-0.2, 0) is 0 Å². The average molecular weight is 246 g/mol. The lowest BCUT2D eigenvalue weighted by Crippen LogP contribution is -2.33. The Labute approximate surface area is 98.4 Å². The minimum Gasteiger partial charge on any atom is -0.392 e. The number of nitrogens with zero attached hydrogens (tertiary/aromatic N) is 1. The topological polar surface area (TPSA) is 40.5 Å². The third kappa shape index (κ3) is 3.18. The van der Waals surface area contributed by atoms with Gasteiger partial charge >= 0.3 is 0 Å². The van der Waals surface area contributed by atoms with Gasteiger partial charge in [0.25, 0.3) is 5.91 Å². The summed E-state index contributed by atoms with van der Waals surface area (Å²) in [6, 6.07) is 3.80.